The molecule has 1 aromatic heterocycles. The predicted molar refractivity (Wildman–Crippen MR) is 59.9 cm³/mol. The average molecular weight is 228 g/mol. The quantitative estimate of drug-likeness (QED) is 0.818. The fraction of sp³-hybridized carbons (Fsp3) is 0.300. The van der Waals surface area contributed by atoms with Crippen molar-refractivity contribution in [2.24, 2.45) is 0 Å². The van der Waals surface area contributed by atoms with Gasteiger partial charge in [-0.15, -0.1) is 22.9 Å². The number of hydrogen-bond acceptors (Lipinski definition) is 3. The van der Waals surface area contributed by atoms with Gasteiger partial charge in [-0.2, -0.15) is 0 Å². The molecule has 2 aromatic rings. The Morgan fingerprint density at radius 1 is 1.50 bits per heavy atom. The third-order valence-corrected chi connectivity index (χ3v) is 3.15. The van der Waals surface area contributed by atoms with Crippen LogP contribution in [0.2, 0.25) is 0 Å². The molecule has 0 radical (unpaired) electrons. The van der Waals surface area contributed by atoms with Crippen molar-refractivity contribution in [1.82, 2.24) is 4.98 Å². The molecule has 1 N–H and O–H groups in total. The third kappa shape index (κ3) is 1.90. The number of aliphatic hydroxyl groups is 1. The van der Waals surface area contributed by atoms with Gasteiger partial charge >= 0.3 is 0 Å². The van der Waals surface area contributed by atoms with Crippen LogP contribution in [0.5, 0.6) is 0 Å². The maximum absolute atomic E-state index is 9.71. The largest absolute Gasteiger partial charge is 0.388 e. The van der Waals surface area contributed by atoms with Crippen LogP contribution in [0.15, 0.2) is 23.7 Å². The summed E-state index contributed by atoms with van der Waals surface area (Å²) in [5, 5.41) is 9.71. The number of fused-ring (bicyclic) bond motifs is 1. The van der Waals surface area contributed by atoms with E-state index in [1.807, 2.05) is 23.7 Å². The topological polar surface area (TPSA) is 33.1 Å². The molecule has 1 aromatic carbocycles. The fourth-order valence-electron chi connectivity index (χ4n) is 1.35. The molecule has 0 saturated carbocycles. The second-order valence-corrected chi connectivity index (χ2v) is 4.34. The summed E-state index contributed by atoms with van der Waals surface area (Å²) in [6.07, 6.45) is 0.107. The van der Waals surface area contributed by atoms with Crippen LogP contribution in [0.3, 0.4) is 0 Å². The molecular formula is C10H10ClNOS. The molecule has 0 bridgehead atoms. The molecule has 74 valence electrons. The van der Waals surface area contributed by atoms with Crippen LogP contribution in [0, 0.1) is 0 Å². The Morgan fingerprint density at radius 2 is 2.36 bits per heavy atom. The Hall–Kier alpha value is -0.640. The number of aliphatic hydroxyl groups excluding tert-OH is 1. The van der Waals surface area contributed by atoms with Crippen molar-refractivity contribution in [1.29, 1.82) is 0 Å². The molecule has 4 heteroatoms. The van der Waals surface area contributed by atoms with E-state index in [2.05, 4.69) is 4.98 Å². The second kappa shape index (κ2) is 4.26. The first-order valence-corrected chi connectivity index (χ1v) is 5.80. The van der Waals surface area contributed by atoms with E-state index in [9.17, 15) is 5.11 Å². The summed E-state index contributed by atoms with van der Waals surface area (Å²) in [6.45, 7) is 0. The Kier molecular flexibility index (Phi) is 3.01. The van der Waals surface area contributed by atoms with Gasteiger partial charge in [0.05, 0.1) is 21.8 Å². The van der Waals surface area contributed by atoms with E-state index in [0.717, 1.165) is 15.8 Å². The number of benzene rings is 1. The van der Waals surface area contributed by atoms with Crippen LogP contribution in [-0.2, 0) is 0 Å². The van der Waals surface area contributed by atoms with Crippen LogP contribution in [0.1, 0.15) is 18.1 Å². The summed E-state index contributed by atoms with van der Waals surface area (Å²) in [7, 11) is 0. The molecule has 14 heavy (non-hydrogen) atoms. The van der Waals surface area contributed by atoms with E-state index in [0.29, 0.717) is 12.3 Å². The van der Waals surface area contributed by atoms with E-state index in [4.69, 9.17) is 11.6 Å². The lowest BCUT2D eigenvalue weighted by molar-refractivity contribution is 0.175. The molecular weight excluding hydrogens is 218 g/mol. The number of halogens is 1. The third-order valence-electron chi connectivity index (χ3n) is 2.12. The minimum Gasteiger partial charge on any atom is -0.388 e. The summed E-state index contributed by atoms with van der Waals surface area (Å²) in [5.74, 6) is 0.469. The van der Waals surface area contributed by atoms with Gasteiger partial charge in [0, 0.05) is 5.88 Å². The Balaban J connectivity index is 2.33. The van der Waals surface area contributed by atoms with Crippen LogP contribution >= 0.6 is 22.9 Å². The molecule has 0 aliphatic rings. The van der Waals surface area contributed by atoms with E-state index in [-0.39, 0.29) is 0 Å². The molecule has 2 nitrogen and oxygen atoms in total. The molecule has 1 heterocycles. The van der Waals surface area contributed by atoms with Gasteiger partial charge in [-0.25, -0.2) is 4.98 Å². The zero-order valence-electron chi connectivity index (χ0n) is 7.48. The SMILES string of the molecule is OC(CCCl)c1ccc2scnc2c1. The van der Waals surface area contributed by atoms with Gasteiger partial charge in [0.2, 0.25) is 0 Å². The highest BCUT2D eigenvalue weighted by atomic mass is 35.5. The van der Waals surface area contributed by atoms with Crippen LogP contribution in [0.25, 0.3) is 10.2 Å². The Morgan fingerprint density at radius 3 is 3.14 bits per heavy atom. The number of alkyl halides is 1. The van der Waals surface area contributed by atoms with Crippen LogP contribution in [-0.4, -0.2) is 16.0 Å². The monoisotopic (exact) mass is 227 g/mol. The molecule has 1 atom stereocenters. The summed E-state index contributed by atoms with van der Waals surface area (Å²) < 4.78 is 1.15. The van der Waals surface area contributed by atoms with Gasteiger partial charge in [0.25, 0.3) is 0 Å². The average Bonchev–Trinajstić information content (AvgIpc) is 2.64. The number of aromatic nitrogens is 1. The van der Waals surface area contributed by atoms with E-state index >= 15 is 0 Å². The molecule has 0 fully saturated rings. The van der Waals surface area contributed by atoms with Gasteiger partial charge in [0.15, 0.2) is 0 Å². The highest BCUT2D eigenvalue weighted by Crippen LogP contribution is 2.24. The first-order chi connectivity index (χ1) is 6.81. The van der Waals surface area contributed by atoms with Crippen LogP contribution < -0.4 is 0 Å². The summed E-state index contributed by atoms with van der Waals surface area (Å²) >= 11 is 7.17. The number of nitrogens with zero attached hydrogens (tertiary/aromatic N) is 1. The summed E-state index contributed by atoms with van der Waals surface area (Å²) in [5.41, 5.74) is 3.65. The van der Waals surface area contributed by atoms with Gasteiger partial charge in [0.1, 0.15) is 0 Å². The molecule has 0 amide bonds. The molecule has 2 rings (SSSR count). The lowest BCUT2D eigenvalue weighted by Gasteiger charge is -2.08. The number of hydrogen-bond donors (Lipinski definition) is 1. The molecule has 0 aliphatic heterocycles. The summed E-state index contributed by atoms with van der Waals surface area (Å²) in [6, 6.07) is 5.83. The number of rotatable bonds is 3. The fourth-order valence-corrected chi connectivity index (χ4v) is 2.22. The zero-order chi connectivity index (χ0) is 9.97. The lowest BCUT2D eigenvalue weighted by atomic mass is 10.1. The predicted octanol–water partition coefficient (Wildman–Crippen LogP) is 2.96. The van der Waals surface area contributed by atoms with Gasteiger partial charge < -0.3 is 5.11 Å². The summed E-state index contributed by atoms with van der Waals surface area (Å²) in [4.78, 5) is 4.20. The van der Waals surface area contributed by atoms with Crippen molar-refractivity contribution in [3.8, 4) is 0 Å². The smallest absolute Gasteiger partial charge is 0.0815 e. The van der Waals surface area contributed by atoms with E-state index in [1.165, 1.54) is 0 Å². The van der Waals surface area contributed by atoms with Crippen LogP contribution in [0.4, 0.5) is 0 Å². The molecule has 0 saturated heterocycles. The minimum atomic E-state index is -0.474. The second-order valence-electron chi connectivity index (χ2n) is 3.07. The van der Waals surface area contributed by atoms with E-state index < -0.39 is 6.10 Å². The van der Waals surface area contributed by atoms with Crippen molar-refractivity contribution in [3.63, 3.8) is 0 Å². The maximum atomic E-state index is 9.71. The van der Waals surface area contributed by atoms with Gasteiger partial charge in [-0.1, -0.05) is 6.07 Å². The standard InChI is InChI=1S/C10H10ClNOS/c11-4-3-9(13)7-1-2-10-8(5-7)12-6-14-10/h1-2,5-6,9,13H,3-4H2. The van der Waals surface area contributed by atoms with Gasteiger partial charge in [-0.05, 0) is 24.1 Å². The Labute approximate surface area is 91.2 Å². The maximum Gasteiger partial charge on any atom is 0.0815 e. The van der Waals surface area contributed by atoms with Crippen molar-refractivity contribution >= 4 is 33.2 Å². The normalized spacial score (nSPS) is 13.3. The first-order valence-electron chi connectivity index (χ1n) is 4.38. The van der Waals surface area contributed by atoms with Crippen molar-refractivity contribution in [2.45, 2.75) is 12.5 Å². The van der Waals surface area contributed by atoms with Crippen molar-refractivity contribution in [2.75, 3.05) is 5.88 Å². The molecule has 1 unspecified atom stereocenters. The zero-order valence-corrected chi connectivity index (χ0v) is 9.05. The van der Waals surface area contributed by atoms with Gasteiger partial charge in [-0.3, -0.25) is 0 Å². The lowest BCUT2D eigenvalue weighted by Crippen LogP contribution is -1.97. The number of thiazole rings is 1. The van der Waals surface area contributed by atoms with Crippen molar-refractivity contribution in [3.05, 3.63) is 29.3 Å². The van der Waals surface area contributed by atoms with Crippen molar-refractivity contribution < 1.29 is 5.11 Å². The van der Waals surface area contributed by atoms with E-state index in [1.54, 1.807) is 11.3 Å². The molecule has 0 spiro atoms. The highest BCUT2D eigenvalue weighted by molar-refractivity contribution is 7.16. The first kappa shape index (κ1) is 9.90. The highest BCUT2D eigenvalue weighted by Gasteiger charge is 2.07. The molecule has 0 aliphatic carbocycles. The minimum absolute atomic E-state index is 0.469. The Bertz CT molecular complexity index is 429.